The summed E-state index contributed by atoms with van der Waals surface area (Å²) in [6.45, 7) is 0.838. The second-order valence-electron chi connectivity index (χ2n) is 4.43. The molecule has 1 aromatic carbocycles. The number of esters is 1. The van der Waals surface area contributed by atoms with Gasteiger partial charge < -0.3 is 10.1 Å². The number of halogens is 1. The van der Waals surface area contributed by atoms with Gasteiger partial charge in [0, 0.05) is 4.47 Å². The molecule has 92 valence electrons. The third-order valence-electron chi connectivity index (χ3n) is 3.46. The van der Waals surface area contributed by atoms with E-state index in [0.717, 1.165) is 23.0 Å². The van der Waals surface area contributed by atoms with E-state index in [-0.39, 0.29) is 5.97 Å². The molecule has 1 aromatic rings. The maximum atomic E-state index is 12.0. The average molecular weight is 298 g/mol. The van der Waals surface area contributed by atoms with Crippen LogP contribution in [-0.2, 0) is 14.9 Å². The Balaban J connectivity index is 2.30. The van der Waals surface area contributed by atoms with Crippen molar-refractivity contribution in [3.8, 4) is 0 Å². The molecule has 2 rings (SSSR count). The monoisotopic (exact) mass is 297 g/mol. The number of hydrogen-bond donors (Lipinski definition) is 1. The van der Waals surface area contributed by atoms with Crippen LogP contribution in [0.5, 0.6) is 0 Å². The van der Waals surface area contributed by atoms with Crippen molar-refractivity contribution in [2.24, 2.45) is 5.92 Å². The third kappa shape index (κ3) is 2.11. The first-order chi connectivity index (χ1) is 8.15. The summed E-state index contributed by atoms with van der Waals surface area (Å²) in [5.74, 6) is 0.209. The van der Waals surface area contributed by atoms with Gasteiger partial charge in [-0.15, -0.1) is 0 Å². The average Bonchev–Trinajstić information content (AvgIpc) is 3.05. The summed E-state index contributed by atoms with van der Waals surface area (Å²) in [4.78, 5) is 12.0. The molecule has 0 aromatic heterocycles. The SMILES string of the molecule is CNC[C@H]1C[C@@]1(C(=O)OC)c1ccc(Br)cc1. The standard InChI is InChI=1S/C13H16BrNO2/c1-15-8-10-7-13(10,12(16)17-2)9-3-5-11(14)6-4-9/h3-6,10,15H,7-8H2,1-2H3/t10-,13-/m1/s1. The summed E-state index contributed by atoms with van der Waals surface area (Å²) in [6, 6.07) is 7.93. The van der Waals surface area contributed by atoms with Gasteiger partial charge in [0.05, 0.1) is 12.5 Å². The van der Waals surface area contributed by atoms with Gasteiger partial charge in [-0.1, -0.05) is 28.1 Å². The van der Waals surface area contributed by atoms with Crippen LogP contribution in [0.2, 0.25) is 0 Å². The highest BCUT2D eigenvalue weighted by Gasteiger charge is 2.61. The fourth-order valence-corrected chi connectivity index (χ4v) is 2.74. The van der Waals surface area contributed by atoms with Crippen molar-refractivity contribution in [2.75, 3.05) is 20.7 Å². The summed E-state index contributed by atoms with van der Waals surface area (Å²) in [5, 5.41) is 3.13. The van der Waals surface area contributed by atoms with Crippen molar-refractivity contribution in [1.82, 2.24) is 5.32 Å². The van der Waals surface area contributed by atoms with E-state index in [9.17, 15) is 4.79 Å². The Morgan fingerprint density at radius 1 is 1.53 bits per heavy atom. The van der Waals surface area contributed by atoms with E-state index in [4.69, 9.17) is 4.74 Å². The third-order valence-corrected chi connectivity index (χ3v) is 3.99. The summed E-state index contributed by atoms with van der Waals surface area (Å²) >= 11 is 3.40. The zero-order valence-electron chi connectivity index (χ0n) is 10.00. The van der Waals surface area contributed by atoms with E-state index in [1.807, 2.05) is 31.3 Å². The van der Waals surface area contributed by atoms with E-state index in [0.29, 0.717) is 5.92 Å². The predicted molar refractivity (Wildman–Crippen MR) is 69.9 cm³/mol. The van der Waals surface area contributed by atoms with Gasteiger partial charge >= 0.3 is 5.97 Å². The Morgan fingerprint density at radius 3 is 2.71 bits per heavy atom. The van der Waals surface area contributed by atoms with Gasteiger partial charge in [0.15, 0.2) is 0 Å². The predicted octanol–water partition coefficient (Wildman–Crippen LogP) is 2.10. The molecule has 0 radical (unpaired) electrons. The summed E-state index contributed by atoms with van der Waals surface area (Å²) < 4.78 is 5.98. The molecule has 0 bridgehead atoms. The summed E-state index contributed by atoms with van der Waals surface area (Å²) in [7, 11) is 3.36. The molecular weight excluding hydrogens is 282 g/mol. The van der Waals surface area contributed by atoms with Crippen LogP contribution >= 0.6 is 15.9 Å². The molecule has 0 aliphatic heterocycles. The van der Waals surface area contributed by atoms with Crippen molar-refractivity contribution < 1.29 is 9.53 Å². The normalized spacial score (nSPS) is 26.6. The van der Waals surface area contributed by atoms with E-state index >= 15 is 0 Å². The molecule has 1 aliphatic carbocycles. The highest BCUT2D eigenvalue weighted by Crippen LogP contribution is 2.54. The maximum absolute atomic E-state index is 12.0. The van der Waals surface area contributed by atoms with Crippen LogP contribution in [0.25, 0.3) is 0 Å². The smallest absolute Gasteiger partial charge is 0.316 e. The first-order valence-corrected chi connectivity index (χ1v) is 6.43. The van der Waals surface area contributed by atoms with Gasteiger partial charge in [0.1, 0.15) is 0 Å². The van der Waals surface area contributed by atoms with Crippen LogP contribution in [0.4, 0.5) is 0 Å². The number of carbonyl (C=O) groups is 1. The van der Waals surface area contributed by atoms with E-state index < -0.39 is 5.41 Å². The van der Waals surface area contributed by atoms with Crippen molar-refractivity contribution in [3.63, 3.8) is 0 Å². The van der Waals surface area contributed by atoms with Crippen molar-refractivity contribution >= 4 is 21.9 Å². The largest absolute Gasteiger partial charge is 0.468 e. The Hall–Kier alpha value is -0.870. The minimum Gasteiger partial charge on any atom is -0.468 e. The van der Waals surface area contributed by atoms with Crippen LogP contribution in [-0.4, -0.2) is 26.7 Å². The highest BCUT2D eigenvalue weighted by atomic mass is 79.9. The van der Waals surface area contributed by atoms with Crippen LogP contribution < -0.4 is 5.32 Å². The van der Waals surface area contributed by atoms with E-state index in [2.05, 4.69) is 21.2 Å². The molecule has 3 nitrogen and oxygen atoms in total. The molecular formula is C13H16BrNO2. The quantitative estimate of drug-likeness (QED) is 0.865. The number of ether oxygens (including phenoxy) is 1. The lowest BCUT2D eigenvalue weighted by molar-refractivity contribution is -0.144. The molecule has 4 heteroatoms. The van der Waals surface area contributed by atoms with Crippen LogP contribution in [0.3, 0.4) is 0 Å². The first-order valence-electron chi connectivity index (χ1n) is 5.64. The first kappa shape index (κ1) is 12.6. The number of rotatable bonds is 4. The highest BCUT2D eigenvalue weighted by molar-refractivity contribution is 9.10. The minimum atomic E-state index is -0.432. The number of hydrogen-bond acceptors (Lipinski definition) is 3. The zero-order chi connectivity index (χ0) is 12.5. The molecule has 1 aliphatic rings. The number of methoxy groups -OCH3 is 1. The van der Waals surface area contributed by atoms with Crippen molar-refractivity contribution in [1.29, 1.82) is 0 Å². The molecule has 0 spiro atoms. The van der Waals surface area contributed by atoms with Gasteiger partial charge in [0.25, 0.3) is 0 Å². The van der Waals surface area contributed by atoms with E-state index in [1.54, 1.807) is 0 Å². The van der Waals surface area contributed by atoms with Gasteiger partial charge in [-0.2, -0.15) is 0 Å². The topological polar surface area (TPSA) is 38.3 Å². The van der Waals surface area contributed by atoms with Crippen LogP contribution in [0.15, 0.2) is 28.7 Å². The Labute approximate surface area is 110 Å². The fraction of sp³-hybridized carbons (Fsp3) is 0.462. The zero-order valence-corrected chi connectivity index (χ0v) is 11.6. The molecule has 0 saturated heterocycles. The van der Waals surface area contributed by atoms with E-state index in [1.165, 1.54) is 7.11 Å². The lowest BCUT2D eigenvalue weighted by Crippen LogP contribution is -2.27. The molecule has 1 N–H and O–H groups in total. The lowest BCUT2D eigenvalue weighted by Gasteiger charge is -2.15. The van der Waals surface area contributed by atoms with Crippen molar-refractivity contribution in [2.45, 2.75) is 11.8 Å². The minimum absolute atomic E-state index is 0.125. The summed E-state index contributed by atoms with van der Waals surface area (Å²) in [6.07, 6.45) is 0.863. The summed E-state index contributed by atoms with van der Waals surface area (Å²) in [5.41, 5.74) is 0.617. The number of benzene rings is 1. The second-order valence-corrected chi connectivity index (χ2v) is 5.34. The van der Waals surface area contributed by atoms with Gasteiger partial charge in [-0.3, -0.25) is 4.79 Å². The van der Waals surface area contributed by atoms with Gasteiger partial charge in [-0.05, 0) is 43.6 Å². The second kappa shape index (κ2) is 4.78. The Morgan fingerprint density at radius 2 is 2.18 bits per heavy atom. The molecule has 17 heavy (non-hydrogen) atoms. The molecule has 1 saturated carbocycles. The molecule has 0 heterocycles. The lowest BCUT2D eigenvalue weighted by atomic mass is 9.93. The number of nitrogens with one attached hydrogen (secondary N) is 1. The van der Waals surface area contributed by atoms with Gasteiger partial charge in [0.2, 0.25) is 0 Å². The molecule has 0 unspecified atom stereocenters. The van der Waals surface area contributed by atoms with Gasteiger partial charge in [-0.25, -0.2) is 0 Å². The van der Waals surface area contributed by atoms with Crippen molar-refractivity contribution in [3.05, 3.63) is 34.3 Å². The fourth-order valence-electron chi connectivity index (χ4n) is 2.47. The van der Waals surface area contributed by atoms with Crippen LogP contribution in [0, 0.1) is 5.92 Å². The Kier molecular flexibility index (Phi) is 3.54. The maximum Gasteiger partial charge on any atom is 0.316 e. The molecule has 0 amide bonds. The van der Waals surface area contributed by atoms with Crippen LogP contribution in [0.1, 0.15) is 12.0 Å². The molecule has 1 fully saturated rings. The Bertz CT molecular complexity index is 418. The number of carbonyl (C=O) groups excluding carboxylic acids is 1. The molecule has 2 atom stereocenters.